The lowest BCUT2D eigenvalue weighted by Crippen LogP contribution is -2.49. The minimum Gasteiger partial charge on any atom is -0.492 e. The van der Waals surface area contributed by atoms with Gasteiger partial charge in [-0.3, -0.25) is 24.7 Å². The molecule has 160 valence electrons. The highest BCUT2D eigenvalue weighted by Crippen LogP contribution is 2.19. The molecule has 0 aliphatic carbocycles. The standard InChI is InChI=1S/C22H28N4O4/c1-2-18-6-3-4-9-21(18)23-22(27)17-25-12-10-24(11-13-25)14-15-30-20-8-5-7-19(16-20)26(28)29/h3-9,16H,2,10-15,17H2,1H3,(H,23,27). The molecular formula is C22H28N4O4. The smallest absolute Gasteiger partial charge is 0.273 e. The van der Waals surface area contributed by atoms with Gasteiger partial charge in [-0.25, -0.2) is 0 Å². The van der Waals surface area contributed by atoms with Gasteiger partial charge in [-0.2, -0.15) is 0 Å². The second kappa shape index (κ2) is 10.7. The Hall–Kier alpha value is -2.97. The number of carbonyl (C=O) groups is 1. The summed E-state index contributed by atoms with van der Waals surface area (Å²) in [5, 5.41) is 13.8. The highest BCUT2D eigenvalue weighted by molar-refractivity contribution is 5.93. The van der Waals surface area contributed by atoms with Gasteiger partial charge in [0.15, 0.2) is 0 Å². The number of nitro groups is 1. The number of benzene rings is 2. The Balaban J connectivity index is 1.37. The largest absolute Gasteiger partial charge is 0.492 e. The SMILES string of the molecule is CCc1ccccc1NC(=O)CN1CCN(CCOc2cccc([N+](=O)[O-])c2)CC1. The summed E-state index contributed by atoms with van der Waals surface area (Å²) >= 11 is 0. The molecular weight excluding hydrogens is 384 g/mol. The van der Waals surface area contributed by atoms with Crippen LogP contribution in [0.4, 0.5) is 11.4 Å². The Morgan fingerprint density at radius 3 is 2.57 bits per heavy atom. The lowest BCUT2D eigenvalue weighted by Gasteiger charge is -2.34. The molecule has 8 nitrogen and oxygen atoms in total. The van der Waals surface area contributed by atoms with E-state index in [2.05, 4.69) is 22.0 Å². The number of nitrogens with one attached hydrogen (secondary N) is 1. The Labute approximate surface area is 176 Å². The zero-order chi connectivity index (χ0) is 21.3. The van der Waals surface area contributed by atoms with Crippen LogP contribution in [0.2, 0.25) is 0 Å². The van der Waals surface area contributed by atoms with E-state index in [1.54, 1.807) is 12.1 Å². The van der Waals surface area contributed by atoms with Gasteiger partial charge >= 0.3 is 0 Å². The molecule has 0 bridgehead atoms. The van der Waals surface area contributed by atoms with Crippen LogP contribution in [0.1, 0.15) is 12.5 Å². The van der Waals surface area contributed by atoms with E-state index in [0.29, 0.717) is 18.9 Å². The van der Waals surface area contributed by atoms with Gasteiger partial charge in [0.1, 0.15) is 12.4 Å². The molecule has 3 rings (SSSR count). The van der Waals surface area contributed by atoms with Crippen LogP contribution in [0.15, 0.2) is 48.5 Å². The van der Waals surface area contributed by atoms with Gasteiger partial charge in [0.25, 0.3) is 5.69 Å². The predicted octanol–water partition coefficient (Wildman–Crippen LogP) is 2.79. The van der Waals surface area contributed by atoms with Crippen molar-refractivity contribution < 1.29 is 14.5 Å². The summed E-state index contributed by atoms with van der Waals surface area (Å²) in [6.07, 6.45) is 0.882. The quantitative estimate of drug-likeness (QED) is 0.503. The van der Waals surface area contributed by atoms with E-state index in [1.807, 2.05) is 24.3 Å². The van der Waals surface area contributed by atoms with Gasteiger partial charge in [0.05, 0.1) is 17.5 Å². The van der Waals surface area contributed by atoms with Crippen molar-refractivity contribution >= 4 is 17.3 Å². The second-order valence-electron chi connectivity index (χ2n) is 7.28. The first-order valence-electron chi connectivity index (χ1n) is 10.2. The van der Waals surface area contributed by atoms with E-state index in [1.165, 1.54) is 12.1 Å². The zero-order valence-corrected chi connectivity index (χ0v) is 17.3. The van der Waals surface area contributed by atoms with Crippen LogP contribution in [0.3, 0.4) is 0 Å². The Bertz CT molecular complexity index is 866. The van der Waals surface area contributed by atoms with Crippen LogP contribution < -0.4 is 10.1 Å². The van der Waals surface area contributed by atoms with E-state index < -0.39 is 4.92 Å². The van der Waals surface area contributed by atoms with Crippen molar-refractivity contribution in [2.45, 2.75) is 13.3 Å². The van der Waals surface area contributed by atoms with Crippen LogP contribution in [0.5, 0.6) is 5.75 Å². The summed E-state index contributed by atoms with van der Waals surface area (Å²) < 4.78 is 5.66. The van der Waals surface area contributed by atoms with Crippen LogP contribution in [-0.2, 0) is 11.2 Å². The number of nitrogens with zero attached hydrogens (tertiary/aromatic N) is 3. The van der Waals surface area contributed by atoms with Crippen LogP contribution in [0, 0.1) is 10.1 Å². The van der Waals surface area contributed by atoms with Gasteiger partial charge in [-0.1, -0.05) is 31.2 Å². The first-order valence-corrected chi connectivity index (χ1v) is 10.2. The highest BCUT2D eigenvalue weighted by Gasteiger charge is 2.19. The molecule has 0 saturated carbocycles. The molecule has 1 heterocycles. The number of piperazine rings is 1. The van der Waals surface area contributed by atoms with E-state index in [4.69, 9.17) is 4.74 Å². The maximum Gasteiger partial charge on any atom is 0.273 e. The first-order chi connectivity index (χ1) is 14.5. The average Bonchev–Trinajstić information content (AvgIpc) is 2.75. The molecule has 0 atom stereocenters. The minimum atomic E-state index is -0.427. The molecule has 1 N–H and O–H groups in total. The Kier molecular flexibility index (Phi) is 7.75. The molecule has 0 aromatic heterocycles. The minimum absolute atomic E-state index is 0.0124. The van der Waals surface area contributed by atoms with Crippen molar-refractivity contribution in [2.24, 2.45) is 0 Å². The third kappa shape index (κ3) is 6.27. The monoisotopic (exact) mass is 412 g/mol. The van der Waals surface area contributed by atoms with Crippen molar-refractivity contribution in [3.63, 3.8) is 0 Å². The molecule has 0 radical (unpaired) electrons. The summed E-state index contributed by atoms with van der Waals surface area (Å²) in [5.41, 5.74) is 2.06. The third-order valence-corrected chi connectivity index (χ3v) is 5.21. The molecule has 2 aromatic rings. The van der Waals surface area contributed by atoms with Crippen LogP contribution in [0.25, 0.3) is 0 Å². The number of amides is 1. The van der Waals surface area contributed by atoms with Crippen LogP contribution in [-0.4, -0.2) is 66.5 Å². The summed E-state index contributed by atoms with van der Waals surface area (Å²) in [5.74, 6) is 0.519. The number of non-ortho nitro benzene ring substituents is 1. The topological polar surface area (TPSA) is 88.0 Å². The number of ether oxygens (including phenoxy) is 1. The Morgan fingerprint density at radius 1 is 1.10 bits per heavy atom. The highest BCUT2D eigenvalue weighted by atomic mass is 16.6. The van der Waals surface area contributed by atoms with Gasteiger partial charge in [0.2, 0.25) is 5.91 Å². The summed E-state index contributed by atoms with van der Waals surface area (Å²) in [6, 6.07) is 14.1. The van der Waals surface area contributed by atoms with Crippen molar-refractivity contribution in [1.29, 1.82) is 0 Å². The predicted molar refractivity (Wildman–Crippen MR) is 116 cm³/mol. The number of anilines is 1. The third-order valence-electron chi connectivity index (χ3n) is 5.21. The fourth-order valence-corrected chi connectivity index (χ4v) is 3.49. The fraction of sp³-hybridized carbons (Fsp3) is 0.409. The molecule has 1 saturated heterocycles. The van der Waals surface area contributed by atoms with Crippen LogP contribution >= 0.6 is 0 Å². The van der Waals surface area contributed by atoms with E-state index >= 15 is 0 Å². The average molecular weight is 412 g/mol. The number of aryl methyl sites for hydroxylation is 1. The number of nitro benzene ring substituents is 1. The fourth-order valence-electron chi connectivity index (χ4n) is 3.49. The summed E-state index contributed by atoms with van der Waals surface area (Å²) in [7, 11) is 0. The maximum absolute atomic E-state index is 12.4. The lowest BCUT2D eigenvalue weighted by molar-refractivity contribution is -0.384. The van der Waals surface area contributed by atoms with Gasteiger partial charge in [0, 0.05) is 44.5 Å². The molecule has 1 fully saturated rings. The van der Waals surface area contributed by atoms with Crippen molar-refractivity contribution in [3.8, 4) is 5.75 Å². The number of para-hydroxylation sites is 1. The molecule has 0 unspecified atom stereocenters. The van der Waals surface area contributed by atoms with E-state index in [9.17, 15) is 14.9 Å². The summed E-state index contributed by atoms with van der Waals surface area (Å²) in [4.78, 5) is 27.2. The first kappa shape index (κ1) is 21.7. The van der Waals surface area contributed by atoms with Crippen molar-refractivity contribution in [2.75, 3.05) is 51.2 Å². The van der Waals surface area contributed by atoms with Gasteiger partial charge < -0.3 is 10.1 Å². The number of hydrogen-bond acceptors (Lipinski definition) is 6. The lowest BCUT2D eigenvalue weighted by atomic mass is 10.1. The van der Waals surface area contributed by atoms with Crippen molar-refractivity contribution in [1.82, 2.24) is 9.80 Å². The molecule has 1 amide bonds. The van der Waals surface area contributed by atoms with Gasteiger partial charge in [-0.05, 0) is 24.1 Å². The molecule has 1 aliphatic heterocycles. The van der Waals surface area contributed by atoms with Gasteiger partial charge in [-0.15, -0.1) is 0 Å². The molecule has 2 aromatic carbocycles. The maximum atomic E-state index is 12.4. The number of rotatable bonds is 9. The number of hydrogen-bond donors (Lipinski definition) is 1. The zero-order valence-electron chi connectivity index (χ0n) is 17.3. The Morgan fingerprint density at radius 2 is 1.83 bits per heavy atom. The molecule has 0 spiro atoms. The molecule has 1 aliphatic rings. The van der Waals surface area contributed by atoms with Crippen molar-refractivity contribution in [3.05, 3.63) is 64.2 Å². The second-order valence-corrected chi connectivity index (χ2v) is 7.28. The van der Waals surface area contributed by atoms with E-state index in [0.717, 1.165) is 50.4 Å². The number of carbonyl (C=O) groups excluding carboxylic acids is 1. The molecule has 30 heavy (non-hydrogen) atoms. The van der Waals surface area contributed by atoms with E-state index in [-0.39, 0.29) is 11.6 Å². The summed E-state index contributed by atoms with van der Waals surface area (Å²) in [6.45, 7) is 7.03. The molecule has 8 heteroatoms. The normalized spacial score (nSPS) is 15.0.